The number of unbranched alkanes of at least 4 members (excludes halogenated alkanes) is 14. The fraction of sp³-hybridized carbons (Fsp3) is 0.857. The van der Waals surface area contributed by atoms with Gasteiger partial charge in [-0.15, -0.1) is 11.8 Å². The minimum Gasteiger partial charge on any atom is -0.103 e. The van der Waals surface area contributed by atoms with E-state index < -0.39 is 0 Å². The predicted molar refractivity (Wildman–Crippen MR) is 129 cm³/mol. The Balaban J connectivity index is 3.62. The van der Waals surface area contributed by atoms with E-state index in [9.17, 15) is 0 Å². The maximum absolute atomic E-state index is 3.92. The van der Waals surface area contributed by atoms with E-state index >= 15 is 0 Å². The van der Waals surface area contributed by atoms with Crippen molar-refractivity contribution in [3.05, 3.63) is 13.8 Å². The molecule has 0 heterocycles. The van der Waals surface area contributed by atoms with E-state index in [4.69, 9.17) is 0 Å². The molecular weight excluding hydrogens is 336 g/mol. The molecule has 0 aliphatic heterocycles. The lowest BCUT2D eigenvalue weighted by Crippen LogP contribution is -2.11. The lowest BCUT2D eigenvalue weighted by atomic mass is 9.83. The fourth-order valence-corrected chi connectivity index (χ4v) is 4.19. The van der Waals surface area contributed by atoms with Gasteiger partial charge < -0.3 is 0 Å². The Morgan fingerprint density at radius 2 is 1.07 bits per heavy atom. The summed E-state index contributed by atoms with van der Waals surface area (Å²) in [7, 11) is 0. The maximum atomic E-state index is 3.92. The third kappa shape index (κ3) is 18.9. The molecule has 0 aliphatic rings. The molecule has 0 fully saturated rings. The molecule has 2 radical (unpaired) electrons. The molecular formula is C28H52. The summed E-state index contributed by atoms with van der Waals surface area (Å²) < 4.78 is 0. The molecule has 164 valence electrons. The zero-order valence-electron chi connectivity index (χ0n) is 19.7. The molecule has 0 bridgehead atoms. The minimum absolute atomic E-state index is 0.758. The SMILES string of the molecule is [CH2]CC#CCCCCCCC(CCCCCCCCCCCC[CH2])C(C)CC. The first-order valence-electron chi connectivity index (χ1n) is 12.8. The summed E-state index contributed by atoms with van der Waals surface area (Å²) in [5, 5.41) is 0. The summed E-state index contributed by atoms with van der Waals surface area (Å²) in [6.45, 7) is 12.5. The lowest BCUT2D eigenvalue weighted by molar-refractivity contribution is 0.288. The molecule has 0 aromatic heterocycles. The van der Waals surface area contributed by atoms with Crippen LogP contribution in [0.15, 0.2) is 0 Å². The van der Waals surface area contributed by atoms with Gasteiger partial charge in [0.1, 0.15) is 0 Å². The van der Waals surface area contributed by atoms with E-state index in [0.717, 1.165) is 31.1 Å². The second-order valence-electron chi connectivity index (χ2n) is 8.88. The molecule has 0 rings (SSSR count). The Kier molecular flexibility index (Phi) is 22.5. The van der Waals surface area contributed by atoms with Crippen molar-refractivity contribution in [1.29, 1.82) is 0 Å². The molecule has 0 aromatic carbocycles. The topological polar surface area (TPSA) is 0 Å². The quantitative estimate of drug-likeness (QED) is 0.144. The summed E-state index contributed by atoms with van der Waals surface area (Å²) in [6.07, 6.45) is 27.0. The van der Waals surface area contributed by atoms with Gasteiger partial charge in [0.15, 0.2) is 0 Å². The molecule has 0 saturated carbocycles. The second-order valence-corrected chi connectivity index (χ2v) is 8.88. The van der Waals surface area contributed by atoms with Crippen molar-refractivity contribution in [2.75, 3.05) is 0 Å². The molecule has 0 N–H and O–H groups in total. The third-order valence-corrected chi connectivity index (χ3v) is 6.40. The second kappa shape index (κ2) is 22.8. The van der Waals surface area contributed by atoms with Gasteiger partial charge in [-0.05, 0) is 25.2 Å². The van der Waals surface area contributed by atoms with Crippen molar-refractivity contribution >= 4 is 0 Å². The van der Waals surface area contributed by atoms with Gasteiger partial charge in [0.25, 0.3) is 0 Å². The lowest BCUT2D eigenvalue weighted by Gasteiger charge is -2.23. The molecule has 0 spiro atoms. The van der Waals surface area contributed by atoms with Crippen molar-refractivity contribution in [3.8, 4) is 11.8 Å². The summed E-state index contributed by atoms with van der Waals surface area (Å²) in [5.41, 5.74) is 0. The average Bonchev–Trinajstić information content (AvgIpc) is 2.71. The van der Waals surface area contributed by atoms with Crippen LogP contribution in [0, 0.1) is 37.5 Å². The molecule has 0 nitrogen and oxygen atoms in total. The van der Waals surface area contributed by atoms with Gasteiger partial charge in [0.05, 0.1) is 0 Å². The molecule has 2 atom stereocenters. The third-order valence-electron chi connectivity index (χ3n) is 6.40. The summed E-state index contributed by atoms with van der Waals surface area (Å²) in [6, 6.07) is 0. The van der Waals surface area contributed by atoms with Crippen molar-refractivity contribution in [2.45, 2.75) is 142 Å². The number of hydrogen-bond acceptors (Lipinski definition) is 0. The Labute approximate surface area is 180 Å². The molecule has 0 aromatic rings. The molecule has 0 aliphatic carbocycles. The van der Waals surface area contributed by atoms with Crippen molar-refractivity contribution < 1.29 is 0 Å². The van der Waals surface area contributed by atoms with Crippen LogP contribution in [0.4, 0.5) is 0 Å². The maximum Gasteiger partial charge on any atom is 0.00890 e. The molecule has 0 saturated heterocycles. The van der Waals surface area contributed by atoms with Gasteiger partial charge in [-0.25, -0.2) is 0 Å². The van der Waals surface area contributed by atoms with E-state index in [2.05, 4.69) is 39.5 Å². The standard InChI is InChI=1S/C28H52/c1-5-8-10-12-14-16-17-18-20-22-24-26-28(27(4)7-3)25-23-21-19-15-13-11-9-6-2/h27-28H,1-2,5-8,10,12-26H2,3-4H3. The first-order chi connectivity index (χ1) is 13.8. The fourth-order valence-electron chi connectivity index (χ4n) is 4.19. The van der Waals surface area contributed by atoms with Crippen molar-refractivity contribution in [1.82, 2.24) is 0 Å². The van der Waals surface area contributed by atoms with Crippen LogP contribution in [-0.2, 0) is 0 Å². The van der Waals surface area contributed by atoms with Crippen molar-refractivity contribution in [2.24, 2.45) is 11.8 Å². The summed E-state index contributed by atoms with van der Waals surface area (Å²) in [4.78, 5) is 0. The van der Waals surface area contributed by atoms with Crippen LogP contribution in [0.25, 0.3) is 0 Å². The zero-order valence-corrected chi connectivity index (χ0v) is 19.7. The number of hydrogen-bond donors (Lipinski definition) is 0. The van der Waals surface area contributed by atoms with Gasteiger partial charge >= 0.3 is 0 Å². The van der Waals surface area contributed by atoms with Gasteiger partial charge in [0, 0.05) is 12.8 Å². The van der Waals surface area contributed by atoms with Crippen LogP contribution in [0.2, 0.25) is 0 Å². The van der Waals surface area contributed by atoms with Crippen LogP contribution in [-0.4, -0.2) is 0 Å². The van der Waals surface area contributed by atoms with E-state index in [-0.39, 0.29) is 0 Å². The molecule has 2 unspecified atom stereocenters. The molecule has 0 amide bonds. The molecule has 0 heteroatoms. The average molecular weight is 389 g/mol. The summed E-state index contributed by atoms with van der Waals surface area (Å²) >= 11 is 0. The summed E-state index contributed by atoms with van der Waals surface area (Å²) in [5.74, 6) is 8.15. The van der Waals surface area contributed by atoms with Gasteiger partial charge in [0.2, 0.25) is 0 Å². The Morgan fingerprint density at radius 1 is 0.607 bits per heavy atom. The van der Waals surface area contributed by atoms with Crippen LogP contribution in [0.3, 0.4) is 0 Å². The number of rotatable bonds is 20. The molecule has 28 heavy (non-hydrogen) atoms. The van der Waals surface area contributed by atoms with Gasteiger partial charge in [-0.2, -0.15) is 0 Å². The smallest absolute Gasteiger partial charge is 0.00890 e. The highest BCUT2D eigenvalue weighted by Gasteiger charge is 2.14. The largest absolute Gasteiger partial charge is 0.103 e. The van der Waals surface area contributed by atoms with Crippen LogP contribution >= 0.6 is 0 Å². The zero-order chi connectivity index (χ0) is 20.7. The Morgan fingerprint density at radius 3 is 1.54 bits per heavy atom. The van der Waals surface area contributed by atoms with Crippen molar-refractivity contribution in [3.63, 3.8) is 0 Å². The van der Waals surface area contributed by atoms with E-state index in [0.29, 0.717) is 0 Å². The van der Waals surface area contributed by atoms with Gasteiger partial charge in [-0.1, -0.05) is 130 Å². The van der Waals surface area contributed by atoms with Crippen LogP contribution in [0.1, 0.15) is 142 Å². The van der Waals surface area contributed by atoms with E-state index in [1.54, 1.807) is 0 Å². The monoisotopic (exact) mass is 388 g/mol. The minimum atomic E-state index is 0.758. The van der Waals surface area contributed by atoms with Crippen LogP contribution < -0.4 is 0 Å². The van der Waals surface area contributed by atoms with E-state index in [1.807, 2.05) is 0 Å². The van der Waals surface area contributed by atoms with E-state index in [1.165, 1.54) is 109 Å². The Bertz CT molecular complexity index is 345. The first-order valence-corrected chi connectivity index (χ1v) is 12.8. The normalized spacial score (nSPS) is 13.1. The highest BCUT2D eigenvalue weighted by Crippen LogP contribution is 2.27. The van der Waals surface area contributed by atoms with Gasteiger partial charge in [-0.3, -0.25) is 0 Å². The first kappa shape index (κ1) is 27.6. The Hall–Kier alpha value is -0.440. The predicted octanol–water partition coefficient (Wildman–Crippen LogP) is 9.73. The van der Waals surface area contributed by atoms with Crippen LogP contribution in [0.5, 0.6) is 0 Å². The highest BCUT2D eigenvalue weighted by molar-refractivity contribution is 4.98. The highest BCUT2D eigenvalue weighted by atomic mass is 14.2.